The van der Waals surface area contributed by atoms with Crippen LogP contribution in [0, 0.1) is 5.92 Å². The highest BCUT2D eigenvalue weighted by atomic mass is 35.5. The van der Waals surface area contributed by atoms with E-state index in [-0.39, 0.29) is 17.0 Å². The van der Waals surface area contributed by atoms with Crippen molar-refractivity contribution in [2.75, 3.05) is 6.54 Å². The van der Waals surface area contributed by atoms with Crippen LogP contribution in [0.4, 0.5) is 5.69 Å². The first-order chi connectivity index (χ1) is 17.7. The Balaban J connectivity index is 1.50. The molecule has 1 aliphatic heterocycles. The van der Waals surface area contributed by atoms with Crippen molar-refractivity contribution >= 4 is 56.0 Å². The molecule has 5 heteroatoms. The molecule has 0 saturated heterocycles. The van der Waals surface area contributed by atoms with Gasteiger partial charge in [-0.2, -0.15) is 4.58 Å². The van der Waals surface area contributed by atoms with Gasteiger partial charge in [-0.05, 0) is 54.8 Å². The molecule has 186 valence electrons. The van der Waals surface area contributed by atoms with Gasteiger partial charge in [0, 0.05) is 51.8 Å². The second-order valence-electron chi connectivity index (χ2n) is 11.0. The molecule has 0 radical (unpaired) electrons. The first-order valence-electron chi connectivity index (χ1n) is 12.8. The molecular weight excluding hydrogens is 480 g/mol. The molecule has 6 rings (SSSR count). The summed E-state index contributed by atoms with van der Waals surface area (Å²) in [6.45, 7) is 9.73. The average Bonchev–Trinajstić information content (AvgIpc) is 3.36. The van der Waals surface area contributed by atoms with Crippen molar-refractivity contribution in [1.82, 2.24) is 4.98 Å². The summed E-state index contributed by atoms with van der Waals surface area (Å²) in [5.41, 5.74) is 5.40. The molecular formula is C32H30ClN2O2+. The smallest absolute Gasteiger partial charge is 0.210 e. The number of aliphatic hydroxyl groups excluding tert-OH is 1. The van der Waals surface area contributed by atoms with E-state index in [0.29, 0.717) is 27.7 Å². The third-order valence-corrected chi connectivity index (χ3v) is 8.08. The molecule has 0 bridgehead atoms. The fraction of sp³-hybridized carbons (Fsp3) is 0.250. The molecule has 0 spiro atoms. The lowest BCUT2D eigenvalue weighted by atomic mass is 9.76. The van der Waals surface area contributed by atoms with Gasteiger partial charge in [0.2, 0.25) is 11.5 Å². The van der Waals surface area contributed by atoms with E-state index in [2.05, 4.69) is 73.7 Å². The van der Waals surface area contributed by atoms with Crippen molar-refractivity contribution in [2.24, 2.45) is 5.92 Å². The molecule has 0 fully saturated rings. The van der Waals surface area contributed by atoms with Crippen molar-refractivity contribution in [3.05, 3.63) is 94.4 Å². The Morgan fingerprint density at radius 3 is 2.62 bits per heavy atom. The molecule has 0 saturated carbocycles. The number of nitrogens with one attached hydrogen (secondary N) is 1. The Morgan fingerprint density at radius 1 is 1.08 bits per heavy atom. The number of hydrogen-bond donors (Lipinski definition) is 2. The standard InChI is InChI=1S/C32H29ClN2O2/c1-18(2)13-14-35-26-12-9-19-7-5-6-8-21(19)29(26)32(3,4)27(35)16-23-30(36)28(31(23)37)24-17-34-25-11-10-20(33)15-22(24)25/h5-12,15-18H,13-14H2,1-4H3,(H,36,37)/p+1. The van der Waals surface area contributed by atoms with Crippen LogP contribution in [0.1, 0.15) is 45.2 Å². The van der Waals surface area contributed by atoms with E-state index >= 15 is 0 Å². The highest BCUT2D eigenvalue weighted by Crippen LogP contribution is 2.46. The molecule has 1 aliphatic carbocycles. The van der Waals surface area contributed by atoms with Crippen molar-refractivity contribution in [2.45, 2.75) is 39.5 Å². The summed E-state index contributed by atoms with van der Waals surface area (Å²) in [5, 5.41) is 15.0. The summed E-state index contributed by atoms with van der Waals surface area (Å²) in [7, 11) is 0. The van der Waals surface area contributed by atoms with Crippen LogP contribution < -0.4 is 0 Å². The first kappa shape index (κ1) is 23.7. The molecule has 2 N–H and O–H groups in total. The number of Topliss-reactive ketones (excluding diaryl/α,β-unsaturated/α-hetero) is 1. The van der Waals surface area contributed by atoms with Gasteiger partial charge in [-0.25, -0.2) is 0 Å². The summed E-state index contributed by atoms with van der Waals surface area (Å²) in [6, 6.07) is 18.3. The lowest BCUT2D eigenvalue weighted by Gasteiger charge is -2.23. The number of aromatic amines is 1. The topological polar surface area (TPSA) is 56.1 Å². The number of rotatable bonds is 5. The maximum absolute atomic E-state index is 13.5. The van der Waals surface area contributed by atoms with Gasteiger partial charge >= 0.3 is 0 Å². The van der Waals surface area contributed by atoms with Crippen LogP contribution in [0.15, 0.2) is 78.2 Å². The Labute approximate surface area is 221 Å². The van der Waals surface area contributed by atoms with Crippen LogP contribution in [0.2, 0.25) is 5.02 Å². The molecule has 0 amide bonds. The van der Waals surface area contributed by atoms with E-state index in [4.69, 9.17) is 11.6 Å². The highest BCUT2D eigenvalue weighted by molar-refractivity contribution is 6.41. The zero-order valence-electron chi connectivity index (χ0n) is 21.5. The SMILES string of the molecule is CC(C)CC[N+]1=C(/C=C2/C(=O)C(c3c[nH]c4ccc(Cl)cc34)=C2O)C(C)(C)c2c1ccc1ccccc21. The summed E-state index contributed by atoms with van der Waals surface area (Å²) >= 11 is 6.22. The zero-order valence-corrected chi connectivity index (χ0v) is 22.3. The zero-order chi connectivity index (χ0) is 26.1. The highest BCUT2D eigenvalue weighted by Gasteiger charge is 2.47. The maximum Gasteiger partial charge on any atom is 0.210 e. The number of benzene rings is 3. The number of halogens is 1. The molecule has 4 aromatic rings. The quantitative estimate of drug-likeness (QED) is 0.212. The van der Waals surface area contributed by atoms with Crippen LogP contribution in [-0.4, -0.2) is 32.7 Å². The molecule has 37 heavy (non-hydrogen) atoms. The van der Waals surface area contributed by atoms with Crippen LogP contribution in [0.5, 0.6) is 0 Å². The minimum atomic E-state index is -0.342. The van der Waals surface area contributed by atoms with Gasteiger partial charge in [-0.3, -0.25) is 4.79 Å². The fourth-order valence-corrected chi connectivity index (χ4v) is 6.04. The minimum absolute atomic E-state index is 0.0406. The van der Waals surface area contributed by atoms with Gasteiger partial charge in [0.15, 0.2) is 5.71 Å². The molecule has 3 aromatic carbocycles. The van der Waals surface area contributed by atoms with Gasteiger partial charge in [-0.15, -0.1) is 0 Å². The van der Waals surface area contributed by atoms with Crippen molar-refractivity contribution in [3.63, 3.8) is 0 Å². The number of carbonyl (C=O) groups is 1. The van der Waals surface area contributed by atoms with E-state index in [1.165, 1.54) is 22.0 Å². The van der Waals surface area contributed by atoms with Crippen LogP contribution in [0.25, 0.3) is 27.2 Å². The Bertz CT molecular complexity index is 1720. The Hall–Kier alpha value is -3.63. The van der Waals surface area contributed by atoms with Crippen LogP contribution in [-0.2, 0) is 10.2 Å². The summed E-state index contributed by atoms with van der Waals surface area (Å²) in [6.07, 6.45) is 4.70. The number of fused-ring (bicyclic) bond motifs is 4. The molecule has 2 heterocycles. The van der Waals surface area contributed by atoms with E-state index < -0.39 is 0 Å². The van der Waals surface area contributed by atoms with Gasteiger partial charge in [0.25, 0.3) is 0 Å². The van der Waals surface area contributed by atoms with Crippen molar-refractivity contribution in [3.8, 4) is 0 Å². The first-order valence-corrected chi connectivity index (χ1v) is 13.2. The fourth-order valence-electron chi connectivity index (χ4n) is 5.87. The predicted octanol–water partition coefficient (Wildman–Crippen LogP) is 7.88. The van der Waals surface area contributed by atoms with Gasteiger partial charge in [-0.1, -0.05) is 49.7 Å². The maximum atomic E-state index is 13.5. The normalized spacial score (nSPS) is 18.0. The molecule has 0 unspecified atom stereocenters. The third-order valence-electron chi connectivity index (χ3n) is 7.84. The second-order valence-corrected chi connectivity index (χ2v) is 11.5. The third kappa shape index (κ3) is 3.58. The molecule has 2 aliphatic rings. The summed E-state index contributed by atoms with van der Waals surface area (Å²) in [5.74, 6) is 0.436. The van der Waals surface area contributed by atoms with Gasteiger partial charge < -0.3 is 10.1 Å². The Morgan fingerprint density at radius 2 is 1.86 bits per heavy atom. The average molecular weight is 510 g/mol. The van der Waals surface area contributed by atoms with Crippen molar-refractivity contribution < 1.29 is 14.5 Å². The van der Waals surface area contributed by atoms with E-state index in [1.807, 2.05) is 18.2 Å². The molecule has 4 nitrogen and oxygen atoms in total. The predicted molar refractivity (Wildman–Crippen MR) is 152 cm³/mol. The lowest BCUT2D eigenvalue weighted by molar-refractivity contribution is -0.439. The van der Waals surface area contributed by atoms with E-state index in [1.54, 1.807) is 12.3 Å². The summed E-state index contributed by atoms with van der Waals surface area (Å²) < 4.78 is 2.35. The van der Waals surface area contributed by atoms with Crippen LogP contribution >= 0.6 is 11.6 Å². The monoisotopic (exact) mass is 509 g/mol. The molecule has 0 atom stereocenters. The number of carbonyl (C=O) groups excluding carboxylic acids is 1. The lowest BCUT2D eigenvalue weighted by Crippen LogP contribution is -2.31. The second kappa shape index (κ2) is 8.46. The van der Waals surface area contributed by atoms with E-state index in [9.17, 15) is 9.90 Å². The minimum Gasteiger partial charge on any atom is -0.506 e. The number of allylic oxidation sites excluding steroid dienone is 3. The van der Waals surface area contributed by atoms with Crippen LogP contribution in [0.3, 0.4) is 0 Å². The van der Waals surface area contributed by atoms with E-state index in [0.717, 1.165) is 29.6 Å². The largest absolute Gasteiger partial charge is 0.506 e. The number of ketones is 1. The Kier molecular flexibility index (Phi) is 5.43. The van der Waals surface area contributed by atoms with Crippen molar-refractivity contribution in [1.29, 1.82) is 0 Å². The number of nitrogens with zero attached hydrogens (tertiary/aromatic N) is 1. The number of aliphatic hydroxyl groups is 1. The summed E-state index contributed by atoms with van der Waals surface area (Å²) in [4.78, 5) is 16.7. The van der Waals surface area contributed by atoms with Gasteiger partial charge in [0.1, 0.15) is 12.3 Å². The number of hydrogen-bond acceptors (Lipinski definition) is 2. The molecule has 1 aromatic heterocycles. The number of H-pyrrole nitrogens is 1. The number of aromatic nitrogens is 1. The van der Waals surface area contributed by atoms with Gasteiger partial charge in [0.05, 0.1) is 16.6 Å².